The molecule has 0 bridgehead atoms. The van der Waals surface area contributed by atoms with Gasteiger partial charge in [-0.2, -0.15) is 0 Å². The zero-order valence-electron chi connectivity index (χ0n) is 20.4. The van der Waals surface area contributed by atoms with Crippen molar-refractivity contribution in [2.75, 3.05) is 13.1 Å². The van der Waals surface area contributed by atoms with Gasteiger partial charge in [0.1, 0.15) is 23.7 Å². The van der Waals surface area contributed by atoms with Crippen molar-refractivity contribution >= 4 is 11.9 Å². The fraction of sp³-hybridized carbons (Fsp3) is 0.500. The molecule has 0 radical (unpaired) electrons. The van der Waals surface area contributed by atoms with Crippen LogP contribution in [0.3, 0.4) is 0 Å². The summed E-state index contributed by atoms with van der Waals surface area (Å²) in [5.41, 5.74) is 1.69. The lowest BCUT2D eigenvalue weighted by molar-refractivity contribution is -0.124. The third-order valence-corrected chi connectivity index (χ3v) is 5.96. The molecule has 1 aliphatic heterocycles. The van der Waals surface area contributed by atoms with E-state index >= 15 is 0 Å². The minimum Gasteiger partial charge on any atom is -0.489 e. The normalized spacial score (nSPS) is 17.0. The van der Waals surface area contributed by atoms with E-state index in [1.54, 1.807) is 4.90 Å². The summed E-state index contributed by atoms with van der Waals surface area (Å²) >= 11 is 0. The number of Topliss-reactive ketones (excluding diaryl/α,β-unsaturated/α-hetero) is 1. The molecular weight excluding hydrogens is 414 g/mol. The second-order valence-electron chi connectivity index (χ2n) is 9.92. The predicted molar refractivity (Wildman–Crippen MR) is 130 cm³/mol. The zero-order chi connectivity index (χ0) is 23.8. The number of hydrogen-bond donors (Lipinski definition) is 0. The maximum absolute atomic E-state index is 13.1. The molecule has 33 heavy (non-hydrogen) atoms. The highest BCUT2D eigenvalue weighted by Crippen LogP contribution is 2.31. The average Bonchev–Trinajstić information content (AvgIpc) is 3.26. The van der Waals surface area contributed by atoms with Crippen molar-refractivity contribution in [1.82, 2.24) is 4.90 Å². The molecule has 0 aliphatic carbocycles. The second kappa shape index (κ2) is 11.4. The van der Waals surface area contributed by atoms with E-state index in [4.69, 9.17) is 9.47 Å². The lowest BCUT2D eigenvalue weighted by Gasteiger charge is -2.26. The van der Waals surface area contributed by atoms with Crippen LogP contribution in [-0.2, 0) is 22.6 Å². The van der Waals surface area contributed by atoms with E-state index < -0.39 is 5.60 Å². The van der Waals surface area contributed by atoms with E-state index in [9.17, 15) is 9.59 Å². The molecule has 0 saturated carbocycles. The number of carbonyl (C=O) groups is 2. The van der Waals surface area contributed by atoms with E-state index in [0.717, 1.165) is 29.7 Å². The summed E-state index contributed by atoms with van der Waals surface area (Å²) in [5.74, 6) is 1.12. The Labute approximate surface area is 198 Å². The predicted octanol–water partition coefficient (Wildman–Crippen LogP) is 6.05. The summed E-state index contributed by atoms with van der Waals surface area (Å²) in [7, 11) is 0. The molecule has 5 heteroatoms. The molecular formula is C28H37NO4. The van der Waals surface area contributed by atoms with Crippen molar-refractivity contribution in [3.63, 3.8) is 0 Å². The van der Waals surface area contributed by atoms with Gasteiger partial charge in [-0.15, -0.1) is 0 Å². The molecule has 0 aromatic heterocycles. The fourth-order valence-corrected chi connectivity index (χ4v) is 4.34. The van der Waals surface area contributed by atoms with Crippen LogP contribution in [0.4, 0.5) is 4.79 Å². The summed E-state index contributed by atoms with van der Waals surface area (Å²) in [6.07, 6.45) is 2.59. The Morgan fingerprint density at radius 3 is 2.48 bits per heavy atom. The van der Waals surface area contributed by atoms with Crippen molar-refractivity contribution in [2.24, 2.45) is 11.8 Å². The highest BCUT2D eigenvalue weighted by Gasteiger charge is 2.36. The first-order chi connectivity index (χ1) is 15.7. The number of hydrogen-bond acceptors (Lipinski definition) is 4. The molecule has 1 aliphatic rings. The minimum absolute atomic E-state index is 0.109. The largest absolute Gasteiger partial charge is 0.489 e. The molecule has 0 spiro atoms. The Hall–Kier alpha value is -2.82. The first-order valence-corrected chi connectivity index (χ1v) is 12.0. The first-order valence-electron chi connectivity index (χ1n) is 12.0. The molecule has 1 unspecified atom stereocenters. The molecule has 1 heterocycles. The fourth-order valence-electron chi connectivity index (χ4n) is 4.34. The molecule has 1 amide bonds. The van der Waals surface area contributed by atoms with Crippen LogP contribution in [0.25, 0.3) is 0 Å². The number of ketones is 1. The first kappa shape index (κ1) is 24.8. The topological polar surface area (TPSA) is 55.8 Å². The molecule has 3 rings (SSSR count). The van der Waals surface area contributed by atoms with E-state index in [0.29, 0.717) is 32.5 Å². The third kappa shape index (κ3) is 7.62. The molecule has 1 saturated heterocycles. The smallest absolute Gasteiger partial charge is 0.410 e. The van der Waals surface area contributed by atoms with Crippen molar-refractivity contribution in [3.8, 4) is 5.75 Å². The average molecular weight is 452 g/mol. The molecule has 0 N–H and O–H groups in total. The maximum atomic E-state index is 13.1. The van der Waals surface area contributed by atoms with Crippen LogP contribution in [0.15, 0.2) is 54.6 Å². The molecule has 178 valence electrons. The Morgan fingerprint density at radius 1 is 1.06 bits per heavy atom. The number of ether oxygens (including phenoxy) is 2. The maximum Gasteiger partial charge on any atom is 0.410 e. The van der Waals surface area contributed by atoms with Gasteiger partial charge in [0.15, 0.2) is 0 Å². The number of benzene rings is 2. The SMILES string of the molecule is CCCC(=O)C(Cc1cccc(OCc2ccccc2)c1)[C@H]1CCN(C(=O)OC(C)(C)C)C1. The summed E-state index contributed by atoms with van der Waals surface area (Å²) < 4.78 is 11.5. The van der Waals surface area contributed by atoms with Crippen LogP contribution < -0.4 is 4.74 Å². The standard InChI is InChI=1S/C28H37NO4/c1-5-10-26(30)25(23-15-16-29(19-23)27(31)33-28(2,3)4)18-22-13-9-14-24(17-22)32-20-21-11-7-6-8-12-21/h6-9,11-14,17,23,25H,5,10,15-16,18-20H2,1-4H3/t23-,25?/m0/s1. The molecule has 5 nitrogen and oxygen atoms in total. The Kier molecular flexibility index (Phi) is 8.54. The highest BCUT2D eigenvalue weighted by atomic mass is 16.6. The molecule has 2 aromatic rings. The molecule has 2 atom stereocenters. The van der Waals surface area contributed by atoms with E-state index in [1.807, 2.05) is 76.2 Å². The minimum atomic E-state index is -0.521. The number of rotatable bonds is 9. The van der Waals surface area contributed by atoms with Gasteiger partial charge in [0.25, 0.3) is 0 Å². The van der Waals surface area contributed by atoms with Crippen molar-refractivity contribution < 1.29 is 19.1 Å². The quantitative estimate of drug-likeness (QED) is 0.466. The summed E-state index contributed by atoms with van der Waals surface area (Å²) in [6.45, 7) is 9.37. The summed E-state index contributed by atoms with van der Waals surface area (Å²) in [4.78, 5) is 27.3. The number of nitrogens with zero attached hydrogens (tertiary/aromatic N) is 1. The van der Waals surface area contributed by atoms with E-state index in [2.05, 4.69) is 6.07 Å². The van der Waals surface area contributed by atoms with Crippen LogP contribution in [0.5, 0.6) is 5.75 Å². The van der Waals surface area contributed by atoms with E-state index in [-0.39, 0.29) is 23.7 Å². The van der Waals surface area contributed by atoms with Gasteiger partial charge in [0, 0.05) is 25.4 Å². The van der Waals surface area contributed by atoms with Gasteiger partial charge < -0.3 is 14.4 Å². The zero-order valence-corrected chi connectivity index (χ0v) is 20.4. The molecule has 2 aromatic carbocycles. The Balaban J connectivity index is 1.67. The summed E-state index contributed by atoms with van der Waals surface area (Å²) in [6, 6.07) is 18.1. The van der Waals surface area contributed by atoms with Crippen LogP contribution in [0.2, 0.25) is 0 Å². The highest BCUT2D eigenvalue weighted by molar-refractivity contribution is 5.81. The van der Waals surface area contributed by atoms with Gasteiger partial charge in [-0.25, -0.2) is 4.79 Å². The lowest BCUT2D eigenvalue weighted by atomic mass is 9.81. The van der Waals surface area contributed by atoms with Gasteiger partial charge in [0.05, 0.1) is 0 Å². The van der Waals surface area contributed by atoms with Gasteiger partial charge in [-0.3, -0.25) is 4.79 Å². The van der Waals surface area contributed by atoms with Crippen molar-refractivity contribution in [1.29, 1.82) is 0 Å². The molecule has 1 fully saturated rings. The van der Waals surface area contributed by atoms with Gasteiger partial charge >= 0.3 is 6.09 Å². The van der Waals surface area contributed by atoms with Crippen molar-refractivity contribution in [3.05, 3.63) is 65.7 Å². The van der Waals surface area contributed by atoms with Gasteiger partial charge in [-0.1, -0.05) is 49.4 Å². The van der Waals surface area contributed by atoms with Crippen LogP contribution >= 0.6 is 0 Å². The number of amides is 1. The van der Waals surface area contributed by atoms with E-state index in [1.165, 1.54) is 0 Å². The Bertz CT molecular complexity index is 919. The van der Waals surface area contributed by atoms with Crippen LogP contribution in [0.1, 0.15) is 58.1 Å². The van der Waals surface area contributed by atoms with Gasteiger partial charge in [0.2, 0.25) is 0 Å². The lowest BCUT2D eigenvalue weighted by Crippen LogP contribution is -2.36. The number of likely N-dealkylation sites (tertiary alicyclic amines) is 1. The van der Waals surface area contributed by atoms with Crippen LogP contribution in [-0.4, -0.2) is 35.5 Å². The van der Waals surface area contributed by atoms with Crippen molar-refractivity contribution in [2.45, 2.75) is 65.6 Å². The number of carbonyl (C=O) groups excluding carboxylic acids is 2. The Morgan fingerprint density at radius 2 is 1.79 bits per heavy atom. The third-order valence-electron chi connectivity index (χ3n) is 5.96. The van der Waals surface area contributed by atoms with Crippen LogP contribution in [0, 0.1) is 11.8 Å². The summed E-state index contributed by atoms with van der Waals surface area (Å²) in [5, 5.41) is 0. The second-order valence-corrected chi connectivity index (χ2v) is 9.92. The van der Waals surface area contributed by atoms with Gasteiger partial charge in [-0.05, 0) is 69.2 Å². The monoisotopic (exact) mass is 451 g/mol.